The zero-order valence-electron chi connectivity index (χ0n) is 15.2. The molecule has 0 saturated carbocycles. The molecule has 0 N–H and O–H groups in total. The lowest BCUT2D eigenvalue weighted by molar-refractivity contribution is -0.119. The van der Waals surface area contributed by atoms with E-state index >= 15 is 0 Å². The fourth-order valence-electron chi connectivity index (χ4n) is 3.45. The molecule has 0 unspecified atom stereocenters. The van der Waals surface area contributed by atoms with Crippen molar-refractivity contribution in [2.24, 2.45) is 0 Å². The van der Waals surface area contributed by atoms with Gasteiger partial charge in [0.2, 0.25) is 6.41 Å². The Morgan fingerprint density at radius 1 is 1.04 bits per heavy atom. The predicted molar refractivity (Wildman–Crippen MR) is 98.4 cm³/mol. The molecule has 0 aliphatic carbocycles. The maximum Gasteiger partial charge on any atom is 0.209 e. The van der Waals surface area contributed by atoms with E-state index in [1.807, 2.05) is 19.9 Å². The van der Waals surface area contributed by atoms with Crippen LogP contribution in [0.2, 0.25) is 0 Å². The molecule has 1 fully saturated rings. The van der Waals surface area contributed by atoms with Crippen LogP contribution in [0.3, 0.4) is 0 Å². The molecule has 2 aromatic rings. The summed E-state index contributed by atoms with van der Waals surface area (Å²) in [6.07, 6.45) is 0.883. The third-order valence-electron chi connectivity index (χ3n) is 4.95. The lowest BCUT2D eigenvalue weighted by atomic mass is 10.1. The summed E-state index contributed by atoms with van der Waals surface area (Å²) in [5.74, 6) is 0.144. The van der Waals surface area contributed by atoms with Crippen molar-refractivity contribution in [3.8, 4) is 5.69 Å². The van der Waals surface area contributed by atoms with Crippen molar-refractivity contribution < 1.29 is 9.59 Å². The number of hydrogen-bond donors (Lipinski definition) is 0. The number of piperazine rings is 1. The molecule has 1 aromatic heterocycles. The number of rotatable bonds is 5. The molecule has 3 rings (SSSR count). The molecular weight excluding hydrogens is 314 g/mol. The molecule has 1 aliphatic rings. The van der Waals surface area contributed by atoms with E-state index in [0.29, 0.717) is 19.6 Å². The van der Waals surface area contributed by atoms with E-state index in [4.69, 9.17) is 0 Å². The standard InChI is InChI=1S/C20H25N3O2/c1-15-4-6-18(7-5-15)23-16(2)12-19(17(23)3)20(25)13-21-8-10-22(14-24)11-9-21/h4-7,12,14H,8-11,13H2,1-3H3. The molecule has 1 aromatic carbocycles. The van der Waals surface area contributed by atoms with Gasteiger partial charge in [-0.05, 0) is 39.0 Å². The van der Waals surface area contributed by atoms with Crippen LogP contribution in [0.25, 0.3) is 5.69 Å². The van der Waals surface area contributed by atoms with E-state index in [1.54, 1.807) is 4.90 Å². The molecule has 0 bridgehead atoms. The molecule has 5 heteroatoms. The summed E-state index contributed by atoms with van der Waals surface area (Å²) in [6.45, 7) is 9.40. The maximum atomic E-state index is 12.8. The first-order chi connectivity index (χ1) is 12.0. The Balaban J connectivity index is 1.77. The Labute approximate surface area is 148 Å². The highest BCUT2D eigenvalue weighted by Gasteiger charge is 2.21. The highest BCUT2D eigenvalue weighted by atomic mass is 16.1. The normalized spacial score (nSPS) is 15.4. The SMILES string of the molecule is Cc1ccc(-n2c(C)cc(C(=O)CN3CCN(C=O)CC3)c2C)cc1. The number of nitrogens with zero attached hydrogens (tertiary/aromatic N) is 3. The van der Waals surface area contributed by atoms with Gasteiger partial charge in [-0.1, -0.05) is 17.7 Å². The van der Waals surface area contributed by atoms with E-state index in [2.05, 4.69) is 40.7 Å². The van der Waals surface area contributed by atoms with E-state index in [1.165, 1.54) is 5.56 Å². The molecule has 1 aliphatic heterocycles. The number of carbonyl (C=O) groups excluding carboxylic acids is 2. The van der Waals surface area contributed by atoms with Crippen molar-refractivity contribution in [3.63, 3.8) is 0 Å². The first-order valence-electron chi connectivity index (χ1n) is 8.70. The molecule has 25 heavy (non-hydrogen) atoms. The minimum atomic E-state index is 0.144. The first kappa shape index (κ1) is 17.4. The third-order valence-corrected chi connectivity index (χ3v) is 4.95. The zero-order chi connectivity index (χ0) is 18.0. The van der Waals surface area contributed by atoms with Crippen LogP contribution >= 0.6 is 0 Å². The molecule has 1 saturated heterocycles. The van der Waals surface area contributed by atoms with Crippen LogP contribution < -0.4 is 0 Å². The Bertz CT molecular complexity index is 769. The van der Waals surface area contributed by atoms with E-state index in [0.717, 1.165) is 42.1 Å². The van der Waals surface area contributed by atoms with Crippen LogP contribution in [0.1, 0.15) is 27.3 Å². The molecule has 2 heterocycles. The molecule has 5 nitrogen and oxygen atoms in total. The number of amides is 1. The average Bonchev–Trinajstić information content (AvgIpc) is 2.91. The monoisotopic (exact) mass is 339 g/mol. The summed E-state index contributed by atoms with van der Waals surface area (Å²) in [4.78, 5) is 27.5. The van der Waals surface area contributed by atoms with Gasteiger partial charge in [-0.25, -0.2) is 0 Å². The summed E-state index contributed by atoms with van der Waals surface area (Å²) >= 11 is 0. The smallest absolute Gasteiger partial charge is 0.209 e. The largest absolute Gasteiger partial charge is 0.343 e. The predicted octanol–water partition coefficient (Wildman–Crippen LogP) is 2.36. The Morgan fingerprint density at radius 3 is 2.28 bits per heavy atom. The summed E-state index contributed by atoms with van der Waals surface area (Å²) in [5, 5.41) is 0. The maximum absolute atomic E-state index is 12.8. The second-order valence-corrected chi connectivity index (χ2v) is 6.80. The quantitative estimate of drug-likeness (QED) is 0.620. The number of benzene rings is 1. The van der Waals surface area contributed by atoms with Crippen LogP contribution in [0.4, 0.5) is 0 Å². The van der Waals surface area contributed by atoms with Crippen molar-refractivity contribution in [1.29, 1.82) is 0 Å². The van der Waals surface area contributed by atoms with Gasteiger partial charge in [0.25, 0.3) is 0 Å². The number of carbonyl (C=O) groups is 2. The minimum absolute atomic E-state index is 0.144. The van der Waals surface area contributed by atoms with Gasteiger partial charge < -0.3 is 9.47 Å². The van der Waals surface area contributed by atoms with Crippen molar-refractivity contribution >= 4 is 12.2 Å². The van der Waals surface area contributed by atoms with Crippen molar-refractivity contribution in [1.82, 2.24) is 14.4 Å². The third kappa shape index (κ3) is 3.66. The summed E-state index contributed by atoms with van der Waals surface area (Å²) in [5.41, 5.74) is 5.14. The van der Waals surface area contributed by atoms with Gasteiger partial charge in [0.15, 0.2) is 5.78 Å². The number of Topliss-reactive ketones (excluding diaryl/α,β-unsaturated/α-hetero) is 1. The Kier molecular flexibility index (Phi) is 5.04. The van der Waals surface area contributed by atoms with Crippen LogP contribution in [0.15, 0.2) is 30.3 Å². The topological polar surface area (TPSA) is 45.6 Å². The zero-order valence-corrected chi connectivity index (χ0v) is 15.2. The fraction of sp³-hybridized carbons (Fsp3) is 0.400. The van der Waals surface area contributed by atoms with Gasteiger partial charge in [-0.15, -0.1) is 0 Å². The lowest BCUT2D eigenvalue weighted by Crippen LogP contribution is -2.47. The van der Waals surface area contributed by atoms with Crippen molar-refractivity contribution in [2.45, 2.75) is 20.8 Å². The van der Waals surface area contributed by atoms with Crippen LogP contribution in [-0.2, 0) is 4.79 Å². The first-order valence-corrected chi connectivity index (χ1v) is 8.70. The van der Waals surface area contributed by atoms with Crippen LogP contribution in [-0.4, -0.2) is 59.3 Å². The van der Waals surface area contributed by atoms with Crippen molar-refractivity contribution in [2.75, 3.05) is 32.7 Å². The van der Waals surface area contributed by atoms with Gasteiger partial charge in [-0.3, -0.25) is 14.5 Å². The number of aryl methyl sites for hydroxylation is 2. The second kappa shape index (κ2) is 7.23. The van der Waals surface area contributed by atoms with Gasteiger partial charge in [0, 0.05) is 48.8 Å². The molecule has 1 amide bonds. The Hall–Kier alpha value is -2.40. The lowest BCUT2D eigenvalue weighted by Gasteiger charge is -2.31. The van der Waals surface area contributed by atoms with E-state index in [-0.39, 0.29) is 5.78 Å². The molecule has 0 radical (unpaired) electrons. The summed E-state index contributed by atoms with van der Waals surface area (Å²) in [6, 6.07) is 10.3. The molecule has 0 atom stereocenters. The second-order valence-electron chi connectivity index (χ2n) is 6.80. The van der Waals surface area contributed by atoms with Crippen LogP contribution in [0, 0.1) is 20.8 Å². The fourth-order valence-corrected chi connectivity index (χ4v) is 3.45. The van der Waals surface area contributed by atoms with Crippen LogP contribution in [0.5, 0.6) is 0 Å². The van der Waals surface area contributed by atoms with Crippen molar-refractivity contribution in [3.05, 3.63) is 52.8 Å². The molecular formula is C20H25N3O2. The number of hydrogen-bond acceptors (Lipinski definition) is 3. The number of aromatic nitrogens is 1. The molecule has 0 spiro atoms. The molecule has 132 valence electrons. The van der Waals surface area contributed by atoms with E-state index < -0.39 is 0 Å². The highest BCUT2D eigenvalue weighted by Crippen LogP contribution is 2.22. The minimum Gasteiger partial charge on any atom is -0.343 e. The van der Waals surface area contributed by atoms with Gasteiger partial charge in [-0.2, -0.15) is 0 Å². The van der Waals surface area contributed by atoms with Gasteiger partial charge in [0.05, 0.1) is 6.54 Å². The summed E-state index contributed by atoms with van der Waals surface area (Å²) < 4.78 is 2.14. The van der Waals surface area contributed by atoms with Gasteiger partial charge in [0.1, 0.15) is 0 Å². The Morgan fingerprint density at radius 2 is 1.68 bits per heavy atom. The number of ketones is 1. The van der Waals surface area contributed by atoms with Gasteiger partial charge >= 0.3 is 0 Å². The van der Waals surface area contributed by atoms with E-state index in [9.17, 15) is 9.59 Å². The summed E-state index contributed by atoms with van der Waals surface area (Å²) in [7, 11) is 0. The highest BCUT2D eigenvalue weighted by molar-refractivity contribution is 5.99. The average molecular weight is 339 g/mol.